The van der Waals surface area contributed by atoms with Crippen LogP contribution < -0.4 is 5.32 Å². The van der Waals surface area contributed by atoms with Crippen LogP contribution >= 0.6 is 0 Å². The van der Waals surface area contributed by atoms with E-state index in [-0.39, 0.29) is 25.5 Å². The number of hydrogen-bond acceptors (Lipinski definition) is 8. The van der Waals surface area contributed by atoms with Crippen molar-refractivity contribution in [2.75, 3.05) is 11.9 Å². The van der Waals surface area contributed by atoms with Gasteiger partial charge in [0.1, 0.15) is 30.1 Å². The zero-order chi connectivity index (χ0) is 33.7. The predicted molar refractivity (Wildman–Crippen MR) is 187 cm³/mol. The highest BCUT2D eigenvalue weighted by Crippen LogP contribution is 2.33. The van der Waals surface area contributed by atoms with Gasteiger partial charge in [0, 0.05) is 6.07 Å². The lowest BCUT2D eigenvalue weighted by molar-refractivity contribution is -0.384. The Bertz CT molecular complexity index is 1710. The third kappa shape index (κ3) is 9.60. The summed E-state index contributed by atoms with van der Waals surface area (Å²) in [5.74, 6) is 0. The Balaban J connectivity index is 1.35. The fourth-order valence-corrected chi connectivity index (χ4v) is 5.81. The van der Waals surface area contributed by atoms with Crippen LogP contribution in [-0.4, -0.2) is 42.2 Å². The maximum absolute atomic E-state index is 12.0. The monoisotopic (exact) mass is 660 g/mol. The lowest BCUT2D eigenvalue weighted by atomic mass is 9.96. The molecule has 5 aromatic carbocycles. The van der Waals surface area contributed by atoms with Crippen LogP contribution in [0.4, 0.5) is 11.4 Å². The number of rotatable bonds is 16. The molecule has 1 N–H and O–H groups in total. The van der Waals surface area contributed by atoms with E-state index in [2.05, 4.69) is 5.32 Å². The Hall–Kier alpha value is -4.90. The molecule has 0 amide bonds. The zero-order valence-corrected chi connectivity index (χ0v) is 27.1. The number of nitro groups is 1. The van der Waals surface area contributed by atoms with Crippen LogP contribution in [0.15, 0.2) is 146 Å². The Kier molecular flexibility index (Phi) is 12.1. The van der Waals surface area contributed by atoms with Crippen molar-refractivity contribution >= 4 is 11.4 Å². The smallest absolute Gasteiger partial charge is 0.292 e. The van der Waals surface area contributed by atoms with Crippen LogP contribution in [0.2, 0.25) is 0 Å². The molecule has 0 spiro atoms. The molecule has 1 fully saturated rings. The topological polar surface area (TPSA) is 101 Å². The SMILES string of the molecule is O=[N+]([O-])c1ccccc1NC1O[C@H](COCc2ccccc2)[C@@H](OCc2ccccc2)[C@H](OCc2ccccc2)[C@H]1OCc1ccccc1. The largest absolute Gasteiger partial charge is 0.374 e. The number of nitrogens with zero attached hydrogens (tertiary/aromatic N) is 1. The summed E-state index contributed by atoms with van der Waals surface area (Å²) in [6, 6.07) is 46.0. The summed E-state index contributed by atoms with van der Waals surface area (Å²) >= 11 is 0. The van der Waals surface area contributed by atoms with Gasteiger partial charge >= 0.3 is 0 Å². The van der Waals surface area contributed by atoms with Crippen molar-refractivity contribution in [3.63, 3.8) is 0 Å². The predicted octanol–water partition coefficient (Wildman–Crippen LogP) is 7.70. The first-order valence-corrected chi connectivity index (χ1v) is 16.4. The molecule has 1 heterocycles. The van der Waals surface area contributed by atoms with Crippen molar-refractivity contribution in [1.82, 2.24) is 0 Å². The van der Waals surface area contributed by atoms with E-state index in [1.54, 1.807) is 18.2 Å². The summed E-state index contributed by atoms with van der Waals surface area (Å²) < 4.78 is 33.1. The average molecular weight is 661 g/mol. The van der Waals surface area contributed by atoms with E-state index in [0.29, 0.717) is 18.9 Å². The summed E-state index contributed by atoms with van der Waals surface area (Å²) in [4.78, 5) is 11.6. The van der Waals surface area contributed by atoms with Gasteiger partial charge in [-0.05, 0) is 28.3 Å². The van der Waals surface area contributed by atoms with Crippen LogP contribution in [0.25, 0.3) is 0 Å². The van der Waals surface area contributed by atoms with Gasteiger partial charge in [-0.15, -0.1) is 0 Å². The molecule has 1 aliphatic rings. The number of hydrogen-bond donors (Lipinski definition) is 1. The minimum Gasteiger partial charge on any atom is -0.374 e. The van der Waals surface area contributed by atoms with Crippen LogP contribution in [0.5, 0.6) is 0 Å². The fraction of sp³-hybridized carbons (Fsp3) is 0.250. The maximum Gasteiger partial charge on any atom is 0.292 e. The number of benzene rings is 5. The van der Waals surface area contributed by atoms with E-state index in [4.69, 9.17) is 23.7 Å². The minimum absolute atomic E-state index is 0.0750. The van der Waals surface area contributed by atoms with Crippen molar-refractivity contribution in [3.8, 4) is 0 Å². The molecule has 1 unspecified atom stereocenters. The number of para-hydroxylation sites is 2. The number of nitrogens with one attached hydrogen (secondary N) is 1. The molecule has 9 nitrogen and oxygen atoms in total. The normalized spacial score (nSPS) is 20.4. The van der Waals surface area contributed by atoms with Crippen LogP contribution in [0.1, 0.15) is 22.3 Å². The Morgan fingerprint density at radius 2 is 0.980 bits per heavy atom. The highest BCUT2D eigenvalue weighted by atomic mass is 16.6. The van der Waals surface area contributed by atoms with Crippen LogP contribution in [-0.2, 0) is 50.1 Å². The summed E-state index contributed by atoms with van der Waals surface area (Å²) in [7, 11) is 0. The van der Waals surface area contributed by atoms with Crippen LogP contribution in [0, 0.1) is 10.1 Å². The third-order valence-electron chi connectivity index (χ3n) is 8.28. The maximum atomic E-state index is 12.0. The second kappa shape index (κ2) is 17.5. The van der Waals surface area contributed by atoms with Gasteiger partial charge in [-0.25, -0.2) is 0 Å². The molecule has 0 aliphatic carbocycles. The van der Waals surface area contributed by atoms with Gasteiger partial charge < -0.3 is 29.0 Å². The minimum atomic E-state index is -0.854. The average Bonchev–Trinajstić information content (AvgIpc) is 3.15. The molecule has 0 radical (unpaired) electrons. The Labute approximate surface area is 286 Å². The van der Waals surface area contributed by atoms with E-state index in [9.17, 15) is 10.1 Å². The highest BCUT2D eigenvalue weighted by Gasteiger charge is 2.49. The Morgan fingerprint density at radius 3 is 1.49 bits per heavy atom. The van der Waals surface area contributed by atoms with Gasteiger partial charge in [0.05, 0.1) is 38.0 Å². The van der Waals surface area contributed by atoms with Crippen molar-refractivity contribution in [1.29, 1.82) is 0 Å². The molecule has 252 valence electrons. The molecule has 6 rings (SSSR count). The van der Waals surface area contributed by atoms with Gasteiger partial charge in [0.15, 0.2) is 6.23 Å². The first-order valence-electron chi connectivity index (χ1n) is 16.4. The fourth-order valence-electron chi connectivity index (χ4n) is 5.81. The third-order valence-corrected chi connectivity index (χ3v) is 8.28. The molecule has 9 heteroatoms. The molecular formula is C40H40N2O7. The van der Waals surface area contributed by atoms with Gasteiger partial charge in [-0.3, -0.25) is 10.1 Å². The van der Waals surface area contributed by atoms with Gasteiger partial charge in [-0.1, -0.05) is 133 Å². The molecule has 1 saturated heterocycles. The summed E-state index contributed by atoms with van der Waals surface area (Å²) in [6.07, 6.45) is -3.50. The van der Waals surface area contributed by atoms with E-state index in [1.165, 1.54) is 6.07 Å². The van der Waals surface area contributed by atoms with Crippen molar-refractivity contribution in [2.24, 2.45) is 0 Å². The zero-order valence-electron chi connectivity index (χ0n) is 27.1. The molecule has 0 saturated carbocycles. The van der Waals surface area contributed by atoms with Gasteiger partial charge in [0.25, 0.3) is 5.69 Å². The lowest BCUT2D eigenvalue weighted by Crippen LogP contribution is -2.63. The molecule has 5 atom stereocenters. The second-order valence-corrected chi connectivity index (χ2v) is 11.8. The number of anilines is 1. The molecular weight excluding hydrogens is 620 g/mol. The second-order valence-electron chi connectivity index (χ2n) is 11.8. The number of ether oxygens (including phenoxy) is 5. The summed E-state index contributed by atoms with van der Waals surface area (Å²) in [5, 5.41) is 15.3. The van der Waals surface area contributed by atoms with Gasteiger partial charge in [0.2, 0.25) is 0 Å². The summed E-state index contributed by atoms with van der Waals surface area (Å²) in [6.45, 7) is 1.41. The highest BCUT2D eigenvalue weighted by molar-refractivity contribution is 5.61. The summed E-state index contributed by atoms with van der Waals surface area (Å²) in [5.41, 5.74) is 4.20. The van der Waals surface area contributed by atoms with Gasteiger partial charge in [-0.2, -0.15) is 0 Å². The quantitative estimate of drug-likeness (QED) is 0.0849. The van der Waals surface area contributed by atoms with Crippen molar-refractivity contribution in [2.45, 2.75) is 57.1 Å². The van der Waals surface area contributed by atoms with E-state index >= 15 is 0 Å². The first-order chi connectivity index (χ1) is 24.1. The van der Waals surface area contributed by atoms with Crippen molar-refractivity contribution < 1.29 is 28.6 Å². The molecule has 5 aromatic rings. The lowest BCUT2D eigenvalue weighted by Gasteiger charge is -2.46. The Morgan fingerprint density at radius 1 is 0.551 bits per heavy atom. The molecule has 49 heavy (non-hydrogen) atoms. The van der Waals surface area contributed by atoms with E-state index in [0.717, 1.165) is 22.3 Å². The van der Waals surface area contributed by atoms with E-state index < -0.39 is 35.6 Å². The van der Waals surface area contributed by atoms with Crippen molar-refractivity contribution in [3.05, 3.63) is 178 Å². The molecule has 1 aliphatic heterocycles. The van der Waals surface area contributed by atoms with E-state index in [1.807, 2.05) is 121 Å². The standard InChI is InChI=1S/C40H40N2O7/c43-42(44)35-24-14-13-23-34(35)41-40-39(48-28-33-21-11-4-12-22-33)38(47-27-32-19-9-3-10-20-32)37(46-26-31-17-7-2-8-18-31)36(49-40)29-45-25-30-15-5-1-6-16-30/h1-24,36-41H,25-29H2/t36-,37-,38+,39-,40?/m1/s1. The molecule has 0 bridgehead atoms. The first kappa shape index (κ1) is 34.0. The molecule has 0 aromatic heterocycles. The number of nitro benzene ring substituents is 1. The van der Waals surface area contributed by atoms with Crippen LogP contribution in [0.3, 0.4) is 0 Å².